The molecule has 0 aromatic heterocycles. The molecule has 0 spiro atoms. The lowest BCUT2D eigenvalue weighted by molar-refractivity contribution is -0.437. The van der Waals surface area contributed by atoms with Crippen LogP contribution in [0.25, 0.3) is 0 Å². The fourth-order valence-electron chi connectivity index (χ4n) is 6.52. The first-order valence-corrected chi connectivity index (χ1v) is 19.7. The van der Waals surface area contributed by atoms with Gasteiger partial charge in [-0.25, -0.2) is 16.8 Å². The second kappa shape index (κ2) is 13.1. The number of anilines is 1. The van der Waals surface area contributed by atoms with Crippen molar-refractivity contribution in [2.75, 3.05) is 23.7 Å². The summed E-state index contributed by atoms with van der Waals surface area (Å²) in [5, 5.41) is 0. The molecule has 1 atom stereocenters. The van der Waals surface area contributed by atoms with E-state index < -0.39 is 46.9 Å². The Morgan fingerprint density at radius 1 is 0.894 bits per heavy atom. The van der Waals surface area contributed by atoms with E-state index in [-0.39, 0.29) is 28.7 Å². The first kappa shape index (κ1) is 36.7. The third-order valence-corrected chi connectivity index (χ3v) is 11.7. The fraction of sp³-hybridized carbons (Fsp3) is 0.424. The largest absolute Gasteiger partial charge is 0.744 e. The molecule has 0 aliphatic carbocycles. The van der Waals surface area contributed by atoms with Gasteiger partial charge in [0.2, 0.25) is 5.69 Å². The first-order valence-electron chi connectivity index (χ1n) is 15.3. The number of benzene rings is 2. The van der Waals surface area contributed by atoms with Gasteiger partial charge in [0.25, 0.3) is 10.1 Å². The summed E-state index contributed by atoms with van der Waals surface area (Å²) in [4.78, 5) is 1.52. The highest BCUT2D eigenvalue weighted by molar-refractivity contribution is 7.86. The van der Waals surface area contributed by atoms with E-state index >= 15 is 0 Å². The van der Waals surface area contributed by atoms with E-state index in [0.29, 0.717) is 17.8 Å². The van der Waals surface area contributed by atoms with Gasteiger partial charge < -0.3 is 14.0 Å². The van der Waals surface area contributed by atoms with Crippen molar-refractivity contribution in [1.82, 2.24) is 0 Å². The predicted octanol–water partition coefficient (Wildman–Crippen LogP) is 4.99. The lowest BCUT2D eigenvalue weighted by atomic mass is 9.72. The van der Waals surface area contributed by atoms with Gasteiger partial charge in [-0.05, 0) is 75.1 Å². The molecule has 11 nitrogen and oxygen atoms in total. The summed E-state index contributed by atoms with van der Waals surface area (Å²) in [7, 11) is -13.5. The van der Waals surface area contributed by atoms with Crippen molar-refractivity contribution in [2.45, 2.75) is 75.0 Å². The van der Waals surface area contributed by atoms with Crippen LogP contribution in [0.15, 0.2) is 82.3 Å². The Bertz CT molecular complexity index is 2030. The van der Waals surface area contributed by atoms with Crippen molar-refractivity contribution in [3.8, 4) is 0 Å². The molecule has 2 aromatic rings. The molecule has 256 valence electrons. The average molecular weight is 706 g/mol. The molecule has 1 N–H and O–H groups in total. The van der Waals surface area contributed by atoms with E-state index in [1.165, 1.54) is 30.3 Å². The number of allylic oxidation sites excluding steroid dienone is 6. The smallest absolute Gasteiger partial charge is 0.265 e. The van der Waals surface area contributed by atoms with Crippen LogP contribution in [0.4, 0.5) is 11.4 Å². The van der Waals surface area contributed by atoms with Gasteiger partial charge in [0.1, 0.15) is 26.8 Å². The number of rotatable bonds is 12. The van der Waals surface area contributed by atoms with Crippen LogP contribution in [0, 0.1) is 5.92 Å². The zero-order chi connectivity index (χ0) is 35.2. The molecule has 4 rings (SSSR count). The van der Waals surface area contributed by atoms with E-state index in [2.05, 4.69) is 4.90 Å². The standard InChI is InChI=1S/C33H42N2O9S3/c1-7-18-34-29-17-15-25(47(42,43)44)22-27(29)33(6,23(2)3)31(34)13-10-8-9-12-30-32(4,5)26-21-24(46(39,40)41)14-16-28(26)35(30)19-11-20-45(36,37)38/h8-10,12-17,21-23H,7,11,18-20H2,1-6H3,(H2-,36,37,38,39,40,41,42,43,44)/p-1. The van der Waals surface area contributed by atoms with Gasteiger partial charge in [0.05, 0.1) is 21.0 Å². The molecule has 0 radical (unpaired) electrons. The molecule has 0 fully saturated rings. The van der Waals surface area contributed by atoms with Crippen molar-refractivity contribution in [1.29, 1.82) is 0 Å². The molecule has 14 heteroatoms. The number of nitrogens with zero attached hydrogens (tertiary/aromatic N) is 2. The van der Waals surface area contributed by atoms with Crippen molar-refractivity contribution in [2.24, 2.45) is 5.92 Å². The minimum atomic E-state index is -4.71. The van der Waals surface area contributed by atoms with Crippen LogP contribution in [-0.2, 0) is 41.2 Å². The summed E-state index contributed by atoms with van der Waals surface area (Å²) in [6.45, 7) is 12.8. The topological polar surface area (TPSA) is 175 Å². The molecule has 0 bridgehead atoms. The van der Waals surface area contributed by atoms with E-state index in [0.717, 1.165) is 29.1 Å². The highest BCUT2D eigenvalue weighted by atomic mass is 32.2. The molecular formula is C33H41N2O9S3-. The second-order valence-corrected chi connectivity index (χ2v) is 17.2. The summed E-state index contributed by atoms with van der Waals surface area (Å²) in [6.07, 6.45) is 10.2. The predicted molar refractivity (Wildman–Crippen MR) is 179 cm³/mol. The molecule has 2 aliphatic rings. The van der Waals surface area contributed by atoms with Crippen molar-refractivity contribution >= 4 is 47.4 Å². The van der Waals surface area contributed by atoms with Crippen LogP contribution < -0.4 is 4.90 Å². The summed E-state index contributed by atoms with van der Waals surface area (Å²) < 4.78 is 105. The maximum Gasteiger partial charge on any atom is 0.265 e. The highest BCUT2D eigenvalue weighted by Gasteiger charge is 2.46. The Morgan fingerprint density at radius 3 is 2.04 bits per heavy atom. The van der Waals surface area contributed by atoms with Gasteiger partial charge in [0.15, 0.2) is 5.71 Å². The van der Waals surface area contributed by atoms with Gasteiger partial charge >= 0.3 is 0 Å². The van der Waals surface area contributed by atoms with E-state index in [1.54, 1.807) is 6.07 Å². The van der Waals surface area contributed by atoms with Crippen LogP contribution in [0.5, 0.6) is 0 Å². The van der Waals surface area contributed by atoms with Crippen molar-refractivity contribution < 1.29 is 43.5 Å². The fourth-order valence-corrected chi connectivity index (χ4v) is 8.01. The van der Waals surface area contributed by atoms with Crippen LogP contribution in [0.2, 0.25) is 0 Å². The van der Waals surface area contributed by atoms with Gasteiger partial charge in [-0.3, -0.25) is 4.55 Å². The molecule has 1 unspecified atom stereocenters. The molecule has 47 heavy (non-hydrogen) atoms. The van der Waals surface area contributed by atoms with Gasteiger partial charge in [-0.15, -0.1) is 0 Å². The normalized spacial score (nSPS) is 20.7. The minimum absolute atomic E-state index is 0.0513. The Hall–Kier alpha value is -3.14. The SMILES string of the molecule is CCCN1/C(=C/C=C/C=C/C2=[N+](CCCS(=O)(=O)O)c3ccc(S(=O)(=O)[O-])cc3C2(C)C)C(C)(C(C)C)c2cc(S(=O)(=O)[O-])ccc21. The zero-order valence-corrected chi connectivity index (χ0v) is 29.7. The molecule has 2 aliphatic heterocycles. The van der Waals surface area contributed by atoms with Crippen LogP contribution in [0.3, 0.4) is 0 Å². The molecule has 0 amide bonds. The number of hydrogen-bond donors (Lipinski definition) is 1. The third kappa shape index (κ3) is 7.32. The number of fused-ring (bicyclic) bond motifs is 2. The third-order valence-electron chi connectivity index (χ3n) is 9.20. The van der Waals surface area contributed by atoms with Gasteiger partial charge in [0, 0.05) is 47.5 Å². The van der Waals surface area contributed by atoms with E-state index in [4.69, 9.17) is 0 Å². The Balaban J connectivity index is 1.74. The quantitative estimate of drug-likeness (QED) is 0.180. The molecular weight excluding hydrogens is 665 g/mol. The minimum Gasteiger partial charge on any atom is -0.744 e. The van der Waals surface area contributed by atoms with E-state index in [9.17, 15) is 38.9 Å². The number of hydrogen-bond acceptors (Lipinski definition) is 9. The Morgan fingerprint density at radius 2 is 1.49 bits per heavy atom. The lowest BCUT2D eigenvalue weighted by Crippen LogP contribution is -2.33. The van der Waals surface area contributed by atoms with Crippen LogP contribution >= 0.6 is 0 Å². The van der Waals surface area contributed by atoms with Gasteiger partial charge in [-0.1, -0.05) is 39.0 Å². The molecule has 2 aromatic carbocycles. The Labute approximate surface area is 278 Å². The van der Waals surface area contributed by atoms with E-state index in [1.807, 2.05) is 76.5 Å². The molecule has 0 saturated heterocycles. The highest BCUT2D eigenvalue weighted by Crippen LogP contribution is 2.52. The van der Waals surface area contributed by atoms with Crippen LogP contribution in [-0.4, -0.2) is 68.0 Å². The lowest BCUT2D eigenvalue weighted by Gasteiger charge is -2.34. The second-order valence-electron chi connectivity index (χ2n) is 12.9. The Kier molecular flexibility index (Phi) is 10.2. The summed E-state index contributed by atoms with van der Waals surface area (Å²) >= 11 is 0. The monoisotopic (exact) mass is 705 g/mol. The first-order chi connectivity index (χ1) is 21.6. The zero-order valence-electron chi connectivity index (χ0n) is 27.3. The van der Waals surface area contributed by atoms with Crippen LogP contribution in [0.1, 0.15) is 65.5 Å². The maximum atomic E-state index is 11.9. The molecule has 2 heterocycles. The van der Waals surface area contributed by atoms with Crippen molar-refractivity contribution in [3.63, 3.8) is 0 Å². The summed E-state index contributed by atoms with van der Waals surface area (Å²) in [5.74, 6) is -0.403. The summed E-state index contributed by atoms with van der Waals surface area (Å²) in [6, 6.07) is 8.65. The van der Waals surface area contributed by atoms with Gasteiger partial charge in [-0.2, -0.15) is 13.0 Å². The summed E-state index contributed by atoms with van der Waals surface area (Å²) in [5.41, 5.74) is 3.20. The van der Waals surface area contributed by atoms with Crippen molar-refractivity contribution in [3.05, 3.63) is 83.6 Å². The maximum absolute atomic E-state index is 11.9. The molecule has 0 saturated carbocycles. The average Bonchev–Trinajstić information content (AvgIpc) is 3.31.